The third kappa shape index (κ3) is 4.84. The van der Waals surface area contributed by atoms with Gasteiger partial charge in [-0.3, -0.25) is 14.2 Å². The van der Waals surface area contributed by atoms with Crippen molar-refractivity contribution in [3.05, 3.63) is 56.4 Å². The summed E-state index contributed by atoms with van der Waals surface area (Å²) in [5.41, 5.74) is 1.09. The van der Waals surface area contributed by atoms with Crippen LogP contribution in [0.15, 0.2) is 23.0 Å². The number of carbonyl (C=O) groups excluding carboxylic acids is 1. The van der Waals surface area contributed by atoms with Crippen molar-refractivity contribution in [2.24, 2.45) is 0 Å². The minimum atomic E-state index is -0.619. The Hall–Kier alpha value is -3.11. The number of hydrogen-bond acceptors (Lipinski definition) is 6. The fourth-order valence-electron chi connectivity index (χ4n) is 3.20. The predicted molar refractivity (Wildman–Crippen MR) is 109 cm³/mol. The standard InChI is InChI=1S/C22H26N2O5/c1-5-28-11-7-10-24-21(26)17(12-23)16(4)19(22(24)27)18(25)13-29-20-14(2)8-6-9-15(20)3/h6,8-9,27H,5,7,10-11,13H2,1-4H3. The van der Waals surface area contributed by atoms with Gasteiger partial charge in [-0.1, -0.05) is 18.2 Å². The molecule has 1 aromatic heterocycles. The number of pyridine rings is 1. The summed E-state index contributed by atoms with van der Waals surface area (Å²) in [6, 6.07) is 7.50. The van der Waals surface area contributed by atoms with Crippen LogP contribution in [0.4, 0.5) is 0 Å². The van der Waals surface area contributed by atoms with Crippen LogP contribution in [-0.4, -0.2) is 35.3 Å². The molecule has 0 atom stereocenters. The van der Waals surface area contributed by atoms with E-state index in [1.54, 1.807) is 0 Å². The van der Waals surface area contributed by atoms with E-state index in [1.165, 1.54) is 6.92 Å². The first-order valence-corrected chi connectivity index (χ1v) is 9.49. The maximum absolute atomic E-state index is 12.9. The van der Waals surface area contributed by atoms with Gasteiger partial charge in [-0.15, -0.1) is 0 Å². The minimum Gasteiger partial charge on any atom is -0.494 e. The molecule has 7 nitrogen and oxygen atoms in total. The molecule has 0 unspecified atom stereocenters. The van der Waals surface area contributed by atoms with Crippen molar-refractivity contribution in [1.29, 1.82) is 5.26 Å². The third-order valence-corrected chi connectivity index (χ3v) is 4.71. The molecule has 1 aromatic carbocycles. The average molecular weight is 398 g/mol. The van der Waals surface area contributed by atoms with Gasteiger partial charge in [0.25, 0.3) is 5.56 Å². The van der Waals surface area contributed by atoms with Gasteiger partial charge < -0.3 is 14.6 Å². The summed E-state index contributed by atoms with van der Waals surface area (Å²) in [6.07, 6.45) is 0.460. The Morgan fingerprint density at radius 1 is 1.24 bits per heavy atom. The monoisotopic (exact) mass is 398 g/mol. The third-order valence-electron chi connectivity index (χ3n) is 4.71. The van der Waals surface area contributed by atoms with Crippen LogP contribution in [0, 0.1) is 32.1 Å². The molecule has 7 heteroatoms. The van der Waals surface area contributed by atoms with Crippen LogP contribution in [0.2, 0.25) is 0 Å². The molecule has 0 spiro atoms. The highest BCUT2D eigenvalue weighted by molar-refractivity contribution is 6.01. The second-order valence-corrected chi connectivity index (χ2v) is 6.75. The highest BCUT2D eigenvalue weighted by Gasteiger charge is 2.24. The van der Waals surface area contributed by atoms with E-state index in [-0.39, 0.29) is 29.8 Å². The Kier molecular flexibility index (Phi) is 7.57. The van der Waals surface area contributed by atoms with Crippen molar-refractivity contribution in [3.8, 4) is 17.7 Å². The molecule has 0 amide bonds. The van der Waals surface area contributed by atoms with Gasteiger partial charge in [0.15, 0.2) is 6.61 Å². The highest BCUT2D eigenvalue weighted by Crippen LogP contribution is 2.25. The number of nitriles is 1. The van der Waals surface area contributed by atoms with E-state index >= 15 is 0 Å². The van der Waals surface area contributed by atoms with E-state index in [1.807, 2.05) is 45.0 Å². The smallest absolute Gasteiger partial charge is 0.271 e. The number of para-hydroxylation sites is 1. The number of aromatic hydroxyl groups is 1. The average Bonchev–Trinajstić information content (AvgIpc) is 2.67. The minimum absolute atomic E-state index is 0.0659. The largest absolute Gasteiger partial charge is 0.494 e. The molecular weight excluding hydrogens is 372 g/mol. The second-order valence-electron chi connectivity index (χ2n) is 6.75. The van der Waals surface area contributed by atoms with Crippen molar-refractivity contribution in [3.63, 3.8) is 0 Å². The van der Waals surface area contributed by atoms with E-state index in [9.17, 15) is 20.0 Å². The van der Waals surface area contributed by atoms with Crippen molar-refractivity contribution in [2.45, 2.75) is 40.7 Å². The number of aromatic nitrogens is 1. The molecule has 1 heterocycles. The zero-order valence-electron chi connectivity index (χ0n) is 17.2. The first-order chi connectivity index (χ1) is 13.8. The molecule has 0 aliphatic rings. The Morgan fingerprint density at radius 2 is 1.90 bits per heavy atom. The van der Waals surface area contributed by atoms with E-state index in [4.69, 9.17) is 9.47 Å². The van der Waals surface area contributed by atoms with Crippen LogP contribution < -0.4 is 10.3 Å². The summed E-state index contributed by atoms with van der Waals surface area (Å²) in [5.74, 6) is -0.348. The van der Waals surface area contributed by atoms with E-state index in [0.717, 1.165) is 15.7 Å². The van der Waals surface area contributed by atoms with Crippen LogP contribution in [-0.2, 0) is 11.3 Å². The summed E-state index contributed by atoms with van der Waals surface area (Å²) in [7, 11) is 0. The van der Waals surface area contributed by atoms with Crippen LogP contribution in [0.1, 0.15) is 46.0 Å². The number of benzene rings is 1. The number of aryl methyl sites for hydroxylation is 2. The molecule has 1 N–H and O–H groups in total. The van der Waals surface area contributed by atoms with Gasteiger partial charge in [0.05, 0.1) is 5.56 Å². The zero-order valence-corrected chi connectivity index (χ0v) is 17.2. The number of rotatable bonds is 9. The summed E-state index contributed by atoms with van der Waals surface area (Å²) in [5, 5.41) is 20.0. The van der Waals surface area contributed by atoms with Crippen molar-refractivity contribution in [2.75, 3.05) is 19.8 Å². The Labute approximate surface area is 170 Å². The number of ether oxygens (including phenoxy) is 2. The quantitative estimate of drug-likeness (QED) is 0.515. The lowest BCUT2D eigenvalue weighted by molar-refractivity contribution is 0.0915. The highest BCUT2D eigenvalue weighted by atomic mass is 16.5. The van der Waals surface area contributed by atoms with Gasteiger partial charge in [-0.25, -0.2) is 0 Å². The molecule has 29 heavy (non-hydrogen) atoms. The predicted octanol–water partition coefficient (Wildman–Crippen LogP) is 3.04. The summed E-state index contributed by atoms with van der Waals surface area (Å²) >= 11 is 0. The molecule has 0 saturated heterocycles. The Balaban J connectivity index is 2.36. The van der Waals surface area contributed by atoms with Gasteiger partial charge in [-0.2, -0.15) is 5.26 Å². The van der Waals surface area contributed by atoms with E-state index in [2.05, 4.69) is 0 Å². The zero-order chi connectivity index (χ0) is 21.6. The van der Waals surface area contributed by atoms with Crippen molar-refractivity contribution >= 4 is 5.78 Å². The fourth-order valence-corrected chi connectivity index (χ4v) is 3.20. The normalized spacial score (nSPS) is 10.6. The molecular formula is C22H26N2O5. The second kappa shape index (κ2) is 9.89. The molecule has 0 radical (unpaired) electrons. The first-order valence-electron chi connectivity index (χ1n) is 9.49. The molecule has 2 rings (SSSR count). The van der Waals surface area contributed by atoms with Gasteiger partial charge in [0.1, 0.15) is 17.4 Å². The molecule has 0 aliphatic carbocycles. The Bertz CT molecular complexity index is 981. The lowest BCUT2D eigenvalue weighted by Crippen LogP contribution is -2.28. The van der Waals surface area contributed by atoms with Gasteiger partial charge in [0, 0.05) is 19.8 Å². The van der Waals surface area contributed by atoms with Crippen LogP contribution >= 0.6 is 0 Å². The summed E-state index contributed by atoms with van der Waals surface area (Å²) in [4.78, 5) is 25.4. The van der Waals surface area contributed by atoms with E-state index < -0.39 is 17.2 Å². The Morgan fingerprint density at radius 3 is 2.48 bits per heavy atom. The topological polar surface area (TPSA) is 102 Å². The molecule has 154 valence electrons. The van der Waals surface area contributed by atoms with Crippen LogP contribution in [0.5, 0.6) is 11.6 Å². The molecule has 2 aromatic rings. The van der Waals surface area contributed by atoms with Crippen molar-refractivity contribution < 1.29 is 19.4 Å². The maximum atomic E-state index is 12.9. The molecule has 0 fully saturated rings. The molecule has 0 aliphatic heterocycles. The van der Waals surface area contributed by atoms with Gasteiger partial charge in [0.2, 0.25) is 11.7 Å². The SMILES string of the molecule is CCOCCCn1c(O)c(C(=O)COc2c(C)cccc2C)c(C)c(C#N)c1=O. The van der Waals surface area contributed by atoms with Crippen molar-refractivity contribution in [1.82, 2.24) is 4.57 Å². The lowest BCUT2D eigenvalue weighted by atomic mass is 10.0. The number of nitrogens with zero attached hydrogens (tertiary/aromatic N) is 2. The summed E-state index contributed by atoms with van der Waals surface area (Å²) in [6.45, 7) is 7.85. The number of ketones is 1. The number of hydrogen-bond donors (Lipinski definition) is 1. The fraction of sp³-hybridized carbons (Fsp3) is 0.409. The first kappa shape index (κ1) is 22.2. The van der Waals surface area contributed by atoms with Crippen LogP contribution in [0.3, 0.4) is 0 Å². The molecule has 0 bridgehead atoms. The number of carbonyl (C=O) groups is 1. The maximum Gasteiger partial charge on any atom is 0.271 e. The number of Topliss-reactive ketones (excluding diaryl/α,β-unsaturated/α-hetero) is 1. The van der Waals surface area contributed by atoms with Gasteiger partial charge in [-0.05, 0) is 50.8 Å². The molecule has 0 saturated carbocycles. The van der Waals surface area contributed by atoms with Gasteiger partial charge >= 0.3 is 0 Å². The van der Waals surface area contributed by atoms with Crippen LogP contribution in [0.25, 0.3) is 0 Å². The summed E-state index contributed by atoms with van der Waals surface area (Å²) < 4.78 is 12.0. The lowest BCUT2D eigenvalue weighted by Gasteiger charge is -2.16. The van der Waals surface area contributed by atoms with E-state index in [0.29, 0.717) is 25.4 Å².